The number of hydrogen-bond acceptors (Lipinski definition) is 7. The lowest BCUT2D eigenvalue weighted by Gasteiger charge is -2.12. The van der Waals surface area contributed by atoms with Crippen molar-refractivity contribution in [3.05, 3.63) is 60.2 Å². The van der Waals surface area contributed by atoms with Crippen molar-refractivity contribution in [3.8, 4) is 0 Å². The second kappa shape index (κ2) is 6.46. The largest absolute Gasteiger partial charge is 0.317 e. The molecule has 0 saturated heterocycles. The first-order valence-electron chi connectivity index (χ1n) is 6.06. The highest BCUT2D eigenvalue weighted by Crippen LogP contribution is 2.02. The molecule has 0 atom stereocenters. The topological polar surface area (TPSA) is 123 Å². The van der Waals surface area contributed by atoms with Crippen LogP contribution < -0.4 is 5.84 Å². The Labute approximate surface area is 124 Å². The number of ketones is 2. The van der Waals surface area contributed by atoms with E-state index in [1.165, 1.54) is 36.7 Å². The summed E-state index contributed by atoms with van der Waals surface area (Å²) in [6.45, 7) is 0. The quantitative estimate of drug-likeness (QED) is 0.272. The van der Waals surface area contributed by atoms with Gasteiger partial charge in [0.1, 0.15) is 11.4 Å². The molecule has 0 saturated carbocycles. The van der Waals surface area contributed by atoms with E-state index in [9.17, 15) is 19.2 Å². The Morgan fingerprint density at radius 3 is 1.50 bits per heavy atom. The van der Waals surface area contributed by atoms with Crippen LogP contribution in [0.4, 0.5) is 0 Å². The maximum Gasteiger partial charge on any atom is 0.317 e. The first kappa shape index (κ1) is 15.1. The van der Waals surface area contributed by atoms with E-state index in [4.69, 9.17) is 5.84 Å². The zero-order valence-corrected chi connectivity index (χ0v) is 11.2. The molecule has 22 heavy (non-hydrogen) atoms. The molecule has 0 aliphatic carbocycles. The first-order valence-corrected chi connectivity index (χ1v) is 6.06. The molecule has 0 fully saturated rings. The van der Waals surface area contributed by atoms with Crippen molar-refractivity contribution in [2.75, 3.05) is 0 Å². The second-order valence-corrected chi connectivity index (χ2v) is 4.07. The molecule has 0 unspecified atom stereocenters. The van der Waals surface area contributed by atoms with Crippen molar-refractivity contribution >= 4 is 23.4 Å². The Hall–Kier alpha value is -3.26. The average Bonchev–Trinajstić information content (AvgIpc) is 2.60. The van der Waals surface area contributed by atoms with Crippen LogP contribution in [0.5, 0.6) is 0 Å². The number of hydrogen-bond donors (Lipinski definition) is 1. The van der Waals surface area contributed by atoms with E-state index < -0.39 is 23.4 Å². The van der Waals surface area contributed by atoms with Gasteiger partial charge in [-0.05, 0) is 24.3 Å². The maximum absolute atomic E-state index is 11.8. The second-order valence-electron chi connectivity index (χ2n) is 4.07. The van der Waals surface area contributed by atoms with Crippen LogP contribution in [-0.4, -0.2) is 38.4 Å². The summed E-state index contributed by atoms with van der Waals surface area (Å²) in [5, 5.41) is -0.0337. The number of aromatic nitrogens is 2. The number of carbonyl (C=O) groups is 4. The molecule has 0 radical (unpaired) electrons. The summed E-state index contributed by atoms with van der Waals surface area (Å²) < 4.78 is 0. The number of Topliss-reactive ketones (excluding diaryl/α,β-unsaturated/α-hetero) is 2. The van der Waals surface area contributed by atoms with Crippen molar-refractivity contribution < 1.29 is 19.2 Å². The van der Waals surface area contributed by atoms with Gasteiger partial charge in [0, 0.05) is 12.4 Å². The summed E-state index contributed by atoms with van der Waals surface area (Å²) in [6, 6.07) is 8.68. The summed E-state index contributed by atoms with van der Waals surface area (Å²) in [6.07, 6.45) is 2.62. The van der Waals surface area contributed by atoms with Gasteiger partial charge in [-0.1, -0.05) is 12.1 Å². The van der Waals surface area contributed by atoms with Crippen LogP contribution in [0.15, 0.2) is 48.8 Å². The van der Waals surface area contributed by atoms with Gasteiger partial charge in [-0.2, -0.15) is 0 Å². The van der Waals surface area contributed by atoms with E-state index in [0.29, 0.717) is 0 Å². The van der Waals surface area contributed by atoms with Crippen LogP contribution in [0, 0.1) is 0 Å². The molecule has 0 aromatic carbocycles. The molecule has 2 aromatic heterocycles. The monoisotopic (exact) mass is 298 g/mol. The third kappa shape index (κ3) is 3.07. The van der Waals surface area contributed by atoms with Crippen molar-refractivity contribution in [2.24, 2.45) is 5.84 Å². The Balaban J connectivity index is 2.15. The smallest absolute Gasteiger partial charge is 0.281 e. The molecule has 2 heterocycles. The highest BCUT2D eigenvalue weighted by Gasteiger charge is 2.31. The van der Waals surface area contributed by atoms with E-state index >= 15 is 0 Å². The number of amides is 2. The minimum Gasteiger partial charge on any atom is -0.281 e. The number of nitrogens with zero attached hydrogens (tertiary/aromatic N) is 3. The molecule has 0 aliphatic rings. The van der Waals surface area contributed by atoms with Gasteiger partial charge in [0.25, 0.3) is 11.6 Å². The van der Waals surface area contributed by atoms with Crippen LogP contribution >= 0.6 is 0 Å². The summed E-state index contributed by atoms with van der Waals surface area (Å²) >= 11 is 0. The number of imide groups is 1. The number of hydrazine groups is 1. The van der Waals surface area contributed by atoms with Gasteiger partial charge < -0.3 is 0 Å². The van der Waals surface area contributed by atoms with Crippen LogP contribution in [0.2, 0.25) is 0 Å². The predicted octanol–water partition coefficient (Wildman–Crippen LogP) is -0.229. The summed E-state index contributed by atoms with van der Waals surface area (Å²) in [7, 11) is 0. The standard InChI is InChI=1S/C14H10N4O4/c15-18(13(21)11(19)9-5-1-3-7-16-9)14(22)12(20)10-6-2-4-8-17-10/h1-8H,15H2. The molecule has 110 valence electrons. The molecule has 0 bridgehead atoms. The molecule has 8 heteroatoms. The van der Waals surface area contributed by atoms with Crippen molar-refractivity contribution in [3.63, 3.8) is 0 Å². The first-order chi connectivity index (χ1) is 10.5. The molecular formula is C14H10N4O4. The summed E-state index contributed by atoms with van der Waals surface area (Å²) in [4.78, 5) is 54.7. The fourth-order valence-corrected chi connectivity index (χ4v) is 1.52. The Bertz CT molecular complexity index is 668. The van der Waals surface area contributed by atoms with Gasteiger partial charge >= 0.3 is 11.8 Å². The zero-order valence-electron chi connectivity index (χ0n) is 11.2. The van der Waals surface area contributed by atoms with Crippen LogP contribution in [0.3, 0.4) is 0 Å². The number of pyridine rings is 2. The van der Waals surface area contributed by atoms with Gasteiger partial charge in [-0.15, -0.1) is 0 Å². The van der Waals surface area contributed by atoms with Crippen molar-refractivity contribution in [1.29, 1.82) is 0 Å². The molecule has 0 aliphatic heterocycles. The summed E-state index contributed by atoms with van der Waals surface area (Å²) in [5.41, 5.74) is -0.359. The highest BCUT2D eigenvalue weighted by molar-refractivity contribution is 6.51. The number of carbonyl (C=O) groups excluding carboxylic acids is 4. The zero-order chi connectivity index (χ0) is 16.1. The molecule has 8 nitrogen and oxygen atoms in total. The third-order valence-corrected chi connectivity index (χ3v) is 2.62. The summed E-state index contributed by atoms with van der Waals surface area (Å²) in [5.74, 6) is 0.382. The van der Waals surface area contributed by atoms with Crippen LogP contribution in [-0.2, 0) is 9.59 Å². The molecular weight excluding hydrogens is 288 g/mol. The fraction of sp³-hybridized carbons (Fsp3) is 0. The van der Waals surface area contributed by atoms with Crippen LogP contribution in [0.1, 0.15) is 21.0 Å². The van der Waals surface area contributed by atoms with Crippen LogP contribution in [0.25, 0.3) is 0 Å². The van der Waals surface area contributed by atoms with Gasteiger partial charge in [-0.3, -0.25) is 29.1 Å². The van der Waals surface area contributed by atoms with Gasteiger partial charge in [0.05, 0.1) is 0 Å². The molecule has 2 amide bonds. The lowest BCUT2D eigenvalue weighted by molar-refractivity contribution is -0.139. The lowest BCUT2D eigenvalue weighted by atomic mass is 10.2. The predicted molar refractivity (Wildman–Crippen MR) is 73.2 cm³/mol. The Kier molecular flexibility index (Phi) is 4.44. The maximum atomic E-state index is 11.8. The molecule has 0 spiro atoms. The number of nitrogens with two attached hydrogens (primary N) is 1. The third-order valence-electron chi connectivity index (χ3n) is 2.62. The van der Waals surface area contributed by atoms with E-state index in [2.05, 4.69) is 9.97 Å². The molecule has 2 rings (SSSR count). The Morgan fingerprint density at radius 1 is 0.773 bits per heavy atom. The SMILES string of the molecule is NN(C(=O)C(=O)c1ccccn1)C(=O)C(=O)c1ccccn1. The van der Waals surface area contributed by atoms with E-state index in [1.807, 2.05) is 0 Å². The van der Waals surface area contributed by atoms with Gasteiger partial charge in [-0.25, -0.2) is 10.9 Å². The van der Waals surface area contributed by atoms with Crippen molar-refractivity contribution in [2.45, 2.75) is 0 Å². The van der Waals surface area contributed by atoms with E-state index in [-0.39, 0.29) is 16.4 Å². The van der Waals surface area contributed by atoms with Gasteiger partial charge in [0.2, 0.25) is 0 Å². The normalized spacial score (nSPS) is 9.86. The Morgan fingerprint density at radius 2 is 1.18 bits per heavy atom. The molecule has 2 N–H and O–H groups in total. The lowest BCUT2D eigenvalue weighted by Crippen LogP contribution is -2.49. The minimum absolute atomic E-state index is 0.0337. The molecule has 2 aromatic rings. The number of rotatable bonds is 4. The highest BCUT2D eigenvalue weighted by atomic mass is 16.2. The minimum atomic E-state index is -1.35. The fourth-order valence-electron chi connectivity index (χ4n) is 1.52. The van der Waals surface area contributed by atoms with E-state index in [1.54, 1.807) is 12.1 Å². The van der Waals surface area contributed by atoms with Crippen molar-refractivity contribution in [1.82, 2.24) is 15.0 Å². The van der Waals surface area contributed by atoms with E-state index in [0.717, 1.165) is 0 Å². The van der Waals surface area contributed by atoms with Gasteiger partial charge in [0.15, 0.2) is 0 Å². The average molecular weight is 298 g/mol.